The molecule has 1 atom stereocenters. The van der Waals surface area contributed by atoms with Gasteiger partial charge in [0.1, 0.15) is 4.88 Å². The lowest BCUT2D eigenvalue weighted by atomic mass is 9.96. The summed E-state index contributed by atoms with van der Waals surface area (Å²) in [6.07, 6.45) is 0.615. The first-order chi connectivity index (χ1) is 14.6. The molecule has 3 aromatic rings. The van der Waals surface area contributed by atoms with E-state index < -0.39 is 0 Å². The third-order valence-electron chi connectivity index (χ3n) is 5.50. The van der Waals surface area contributed by atoms with Gasteiger partial charge < -0.3 is 9.80 Å². The van der Waals surface area contributed by atoms with Crippen molar-refractivity contribution in [2.75, 3.05) is 26.2 Å². The fourth-order valence-electron chi connectivity index (χ4n) is 3.80. The molecule has 0 saturated carbocycles. The minimum Gasteiger partial charge on any atom is -0.341 e. The molecule has 6 nitrogen and oxygen atoms in total. The van der Waals surface area contributed by atoms with Crippen molar-refractivity contribution in [3.8, 4) is 10.4 Å². The van der Waals surface area contributed by atoms with Crippen LogP contribution in [0, 0.1) is 12.8 Å². The lowest BCUT2D eigenvalue weighted by Gasteiger charge is -2.23. The molecular formula is C22H24N4O2S2. The number of carbonyl (C=O) groups excluding carboxylic acids is 2. The Morgan fingerprint density at radius 1 is 1.20 bits per heavy atom. The normalized spacial score (nSPS) is 17.3. The summed E-state index contributed by atoms with van der Waals surface area (Å²) in [5.74, 6) is -0.217. The van der Waals surface area contributed by atoms with E-state index in [2.05, 4.69) is 45.3 Å². The number of amides is 2. The second kappa shape index (κ2) is 9.06. The number of hydrogen-bond donors (Lipinski definition) is 0. The Hall–Kier alpha value is -2.58. The molecule has 0 bridgehead atoms. The van der Waals surface area contributed by atoms with Gasteiger partial charge in [-0.15, -0.1) is 16.4 Å². The van der Waals surface area contributed by atoms with Crippen molar-refractivity contribution < 1.29 is 9.59 Å². The van der Waals surface area contributed by atoms with E-state index in [9.17, 15) is 9.59 Å². The summed E-state index contributed by atoms with van der Waals surface area (Å²) in [6, 6.07) is 12.5. The van der Waals surface area contributed by atoms with E-state index in [1.165, 1.54) is 10.4 Å². The van der Waals surface area contributed by atoms with Crippen LogP contribution in [0.2, 0.25) is 0 Å². The van der Waals surface area contributed by atoms with Gasteiger partial charge in [0.2, 0.25) is 5.91 Å². The van der Waals surface area contributed by atoms with Crippen molar-refractivity contribution in [1.82, 2.24) is 19.4 Å². The monoisotopic (exact) mass is 440 g/mol. The highest BCUT2D eigenvalue weighted by Gasteiger charge is 2.33. The van der Waals surface area contributed by atoms with Gasteiger partial charge in [-0.3, -0.25) is 9.59 Å². The number of thiophene rings is 1. The van der Waals surface area contributed by atoms with Gasteiger partial charge >= 0.3 is 0 Å². The van der Waals surface area contributed by atoms with E-state index in [0.717, 1.165) is 17.1 Å². The summed E-state index contributed by atoms with van der Waals surface area (Å²) in [4.78, 5) is 31.6. The average molecular weight is 441 g/mol. The Morgan fingerprint density at radius 3 is 2.63 bits per heavy atom. The van der Waals surface area contributed by atoms with Crippen LogP contribution in [-0.4, -0.2) is 57.4 Å². The van der Waals surface area contributed by atoms with Gasteiger partial charge in [-0.25, -0.2) is 0 Å². The number of carbonyl (C=O) groups is 2. The van der Waals surface area contributed by atoms with E-state index in [1.807, 2.05) is 17.9 Å². The summed E-state index contributed by atoms with van der Waals surface area (Å²) >= 11 is 2.83. The molecule has 0 N–H and O–H groups in total. The standard InChI is InChI=1S/C22H24N4O2S2/c1-3-25-10-11-26(22(28)20-15(2)23-24-30-20)14-18(21(25)27)13-16-6-8-17(9-7-16)19-5-4-12-29-19/h4-9,12,18H,3,10-11,13-14H2,1-2H3/t18-/m0/s1. The molecule has 0 unspecified atom stereocenters. The van der Waals surface area contributed by atoms with Gasteiger partial charge in [0.15, 0.2) is 0 Å². The van der Waals surface area contributed by atoms with E-state index in [-0.39, 0.29) is 17.7 Å². The zero-order valence-electron chi connectivity index (χ0n) is 17.1. The number of likely N-dealkylation sites (N-methyl/N-ethyl adjacent to an activating group) is 1. The average Bonchev–Trinajstić information content (AvgIpc) is 3.41. The second-order valence-corrected chi connectivity index (χ2v) is 9.13. The van der Waals surface area contributed by atoms with Gasteiger partial charge in [-0.05, 0) is 54.4 Å². The fraction of sp³-hybridized carbons (Fsp3) is 0.364. The predicted octanol–water partition coefficient (Wildman–Crippen LogP) is 3.74. The Bertz CT molecular complexity index is 1010. The van der Waals surface area contributed by atoms with Crippen LogP contribution in [0.25, 0.3) is 10.4 Å². The molecule has 0 aliphatic carbocycles. The maximum Gasteiger partial charge on any atom is 0.267 e. The van der Waals surface area contributed by atoms with Crippen molar-refractivity contribution >= 4 is 34.7 Å². The van der Waals surface area contributed by atoms with E-state index >= 15 is 0 Å². The minimum absolute atomic E-state index is 0.0775. The number of nitrogens with zero attached hydrogens (tertiary/aromatic N) is 4. The maximum absolute atomic E-state index is 13.1. The molecule has 1 saturated heterocycles. The third kappa shape index (κ3) is 4.29. The maximum atomic E-state index is 13.1. The van der Waals surface area contributed by atoms with Crippen LogP contribution in [0.4, 0.5) is 0 Å². The quantitative estimate of drug-likeness (QED) is 0.606. The van der Waals surface area contributed by atoms with Crippen LogP contribution in [-0.2, 0) is 11.2 Å². The Kier molecular flexibility index (Phi) is 6.24. The third-order valence-corrected chi connectivity index (χ3v) is 7.23. The number of benzene rings is 1. The predicted molar refractivity (Wildman–Crippen MR) is 120 cm³/mol. The Labute approximate surface area is 184 Å². The van der Waals surface area contributed by atoms with Crippen molar-refractivity contribution in [3.63, 3.8) is 0 Å². The number of hydrogen-bond acceptors (Lipinski definition) is 6. The summed E-state index contributed by atoms with van der Waals surface area (Å²) in [7, 11) is 0. The minimum atomic E-state index is -0.259. The van der Waals surface area contributed by atoms with Gasteiger partial charge in [0.25, 0.3) is 5.91 Å². The molecule has 1 aliphatic heterocycles. The zero-order valence-corrected chi connectivity index (χ0v) is 18.7. The molecule has 3 heterocycles. The van der Waals surface area contributed by atoms with Gasteiger partial charge in [0, 0.05) is 31.1 Å². The number of aromatic nitrogens is 2. The van der Waals surface area contributed by atoms with Crippen molar-refractivity contribution in [1.29, 1.82) is 0 Å². The first-order valence-electron chi connectivity index (χ1n) is 10.1. The topological polar surface area (TPSA) is 66.4 Å². The van der Waals surface area contributed by atoms with Crippen LogP contribution in [0.3, 0.4) is 0 Å². The largest absolute Gasteiger partial charge is 0.341 e. The highest BCUT2D eigenvalue weighted by molar-refractivity contribution is 7.13. The Morgan fingerprint density at radius 2 is 2.00 bits per heavy atom. The molecule has 30 heavy (non-hydrogen) atoms. The molecule has 2 amide bonds. The van der Waals surface area contributed by atoms with Gasteiger partial charge in [0.05, 0.1) is 11.6 Å². The van der Waals surface area contributed by atoms with Crippen molar-refractivity contribution in [3.05, 3.63) is 57.9 Å². The summed E-state index contributed by atoms with van der Waals surface area (Å²) < 4.78 is 3.89. The van der Waals surface area contributed by atoms with E-state index in [0.29, 0.717) is 43.2 Å². The molecule has 1 aliphatic rings. The second-order valence-electron chi connectivity index (χ2n) is 7.43. The molecular weight excluding hydrogens is 416 g/mol. The van der Waals surface area contributed by atoms with Crippen molar-refractivity contribution in [2.24, 2.45) is 5.92 Å². The van der Waals surface area contributed by atoms with Crippen LogP contribution in [0.15, 0.2) is 41.8 Å². The van der Waals surface area contributed by atoms with E-state index in [1.54, 1.807) is 23.2 Å². The lowest BCUT2D eigenvalue weighted by molar-refractivity contribution is -0.134. The molecule has 0 radical (unpaired) electrons. The lowest BCUT2D eigenvalue weighted by Crippen LogP contribution is -2.37. The number of aryl methyl sites for hydroxylation is 1. The fourth-order valence-corrected chi connectivity index (χ4v) is 5.16. The summed E-state index contributed by atoms with van der Waals surface area (Å²) in [5, 5.41) is 6.03. The first kappa shape index (κ1) is 20.7. The van der Waals surface area contributed by atoms with Crippen LogP contribution in [0.1, 0.15) is 27.9 Å². The molecule has 1 aromatic carbocycles. The molecule has 8 heteroatoms. The first-order valence-corrected chi connectivity index (χ1v) is 11.7. The molecule has 0 spiro atoms. The molecule has 156 valence electrons. The SMILES string of the molecule is CCN1CCN(C(=O)c2snnc2C)C[C@H](Cc2ccc(-c3cccs3)cc2)C1=O. The zero-order chi connectivity index (χ0) is 21.1. The summed E-state index contributed by atoms with van der Waals surface area (Å²) in [6.45, 7) is 5.93. The number of rotatable bonds is 5. The summed E-state index contributed by atoms with van der Waals surface area (Å²) in [5.41, 5.74) is 2.93. The van der Waals surface area contributed by atoms with Gasteiger partial charge in [-0.2, -0.15) is 0 Å². The molecule has 4 rings (SSSR count). The molecule has 1 fully saturated rings. The van der Waals surface area contributed by atoms with Gasteiger partial charge in [-0.1, -0.05) is 34.8 Å². The van der Waals surface area contributed by atoms with Crippen LogP contribution in [0.5, 0.6) is 0 Å². The van der Waals surface area contributed by atoms with Crippen molar-refractivity contribution in [2.45, 2.75) is 20.3 Å². The van der Waals surface area contributed by atoms with Crippen LogP contribution < -0.4 is 0 Å². The van der Waals surface area contributed by atoms with Crippen LogP contribution >= 0.6 is 22.9 Å². The highest BCUT2D eigenvalue weighted by atomic mass is 32.1. The smallest absolute Gasteiger partial charge is 0.267 e. The Balaban J connectivity index is 1.54. The highest BCUT2D eigenvalue weighted by Crippen LogP contribution is 2.26. The molecule has 2 aromatic heterocycles. The van der Waals surface area contributed by atoms with E-state index in [4.69, 9.17) is 0 Å².